The highest BCUT2D eigenvalue weighted by molar-refractivity contribution is 5.77. The largest absolute Gasteiger partial charge is 0.314 e. The van der Waals surface area contributed by atoms with Crippen LogP contribution < -0.4 is 5.32 Å². The Morgan fingerprint density at radius 3 is 2.30 bits per heavy atom. The summed E-state index contributed by atoms with van der Waals surface area (Å²) >= 11 is 0. The molecule has 1 heterocycles. The minimum Gasteiger partial charge on any atom is -0.314 e. The summed E-state index contributed by atoms with van der Waals surface area (Å²) in [6.07, 6.45) is 2.43. The Morgan fingerprint density at radius 2 is 1.90 bits per heavy atom. The zero-order valence-corrected chi connectivity index (χ0v) is 14.0. The fourth-order valence-corrected chi connectivity index (χ4v) is 2.20. The van der Waals surface area contributed by atoms with Crippen LogP contribution >= 0.6 is 0 Å². The molecule has 0 saturated carbocycles. The van der Waals surface area contributed by atoms with E-state index in [0.717, 1.165) is 32.6 Å². The maximum Gasteiger partial charge on any atom is 0.143 e. The molecule has 4 heteroatoms. The van der Waals surface area contributed by atoms with Gasteiger partial charge in [-0.1, -0.05) is 27.2 Å². The van der Waals surface area contributed by atoms with Gasteiger partial charge in [0.25, 0.3) is 0 Å². The van der Waals surface area contributed by atoms with E-state index in [1.807, 2.05) is 6.92 Å². The highest BCUT2D eigenvalue weighted by Crippen LogP contribution is 2.25. The molecule has 0 bridgehead atoms. The average Bonchev–Trinajstić information content (AvgIpc) is 2.39. The van der Waals surface area contributed by atoms with Crippen LogP contribution in [0.1, 0.15) is 53.9 Å². The lowest BCUT2D eigenvalue weighted by Crippen LogP contribution is -2.45. The predicted octanol–water partition coefficient (Wildman–Crippen LogP) is 3.04. The molecule has 0 radical (unpaired) electrons. The van der Waals surface area contributed by atoms with Crippen molar-refractivity contribution in [3.63, 3.8) is 0 Å². The van der Waals surface area contributed by atoms with Crippen LogP contribution in [0.2, 0.25) is 0 Å². The van der Waals surface area contributed by atoms with Gasteiger partial charge in [-0.05, 0) is 32.6 Å². The first-order valence-corrected chi connectivity index (χ1v) is 7.92. The third-order valence-electron chi connectivity index (χ3n) is 3.86. The molecule has 20 heavy (non-hydrogen) atoms. The second-order valence-electron chi connectivity index (χ2n) is 6.21. The standard InChI is InChI=1S/C9H19F.C7H14N2O/c1-5-8(3)7-9(4,10)6-2;1-7(10)6-9-4-2-8-3-5-9/h8H,5-7H2,1-4H3;8H,2-6H2,1H3. The fraction of sp³-hybridized carbons (Fsp3) is 0.938. The summed E-state index contributed by atoms with van der Waals surface area (Å²) in [4.78, 5) is 12.8. The van der Waals surface area contributed by atoms with Crippen molar-refractivity contribution in [2.24, 2.45) is 5.92 Å². The Bertz CT molecular complexity index is 263. The van der Waals surface area contributed by atoms with E-state index in [1.165, 1.54) is 0 Å². The van der Waals surface area contributed by atoms with E-state index in [9.17, 15) is 9.18 Å². The number of carbonyl (C=O) groups is 1. The molecule has 2 unspecified atom stereocenters. The number of hydrogen-bond acceptors (Lipinski definition) is 3. The average molecular weight is 288 g/mol. The van der Waals surface area contributed by atoms with Gasteiger partial charge in [0.15, 0.2) is 0 Å². The smallest absolute Gasteiger partial charge is 0.143 e. The highest BCUT2D eigenvalue weighted by atomic mass is 19.1. The van der Waals surface area contributed by atoms with Crippen molar-refractivity contribution in [2.45, 2.75) is 59.5 Å². The molecule has 0 aliphatic carbocycles. The van der Waals surface area contributed by atoms with Crippen LogP contribution in [0.4, 0.5) is 4.39 Å². The summed E-state index contributed by atoms with van der Waals surface area (Å²) in [5.41, 5.74) is -0.935. The first-order chi connectivity index (χ1) is 9.30. The van der Waals surface area contributed by atoms with Crippen molar-refractivity contribution in [3.05, 3.63) is 0 Å². The SMILES string of the molecule is CC(=O)CN1CCNCC1.CCC(C)CC(C)(F)CC. The fourth-order valence-electron chi connectivity index (χ4n) is 2.20. The number of halogens is 1. The molecule has 3 nitrogen and oxygen atoms in total. The van der Waals surface area contributed by atoms with E-state index in [0.29, 0.717) is 25.3 Å². The molecule has 0 aromatic carbocycles. The van der Waals surface area contributed by atoms with Gasteiger partial charge in [-0.3, -0.25) is 9.69 Å². The molecule has 0 aromatic rings. The molecule has 1 fully saturated rings. The lowest BCUT2D eigenvalue weighted by molar-refractivity contribution is -0.118. The van der Waals surface area contributed by atoms with E-state index in [1.54, 1.807) is 13.8 Å². The van der Waals surface area contributed by atoms with Crippen molar-refractivity contribution < 1.29 is 9.18 Å². The van der Waals surface area contributed by atoms with E-state index in [4.69, 9.17) is 0 Å². The molecular formula is C16H33FN2O. The van der Waals surface area contributed by atoms with Crippen LogP contribution in [0.5, 0.6) is 0 Å². The monoisotopic (exact) mass is 288 g/mol. The van der Waals surface area contributed by atoms with Gasteiger partial charge >= 0.3 is 0 Å². The molecule has 2 atom stereocenters. The van der Waals surface area contributed by atoms with Gasteiger partial charge in [-0.2, -0.15) is 0 Å². The Hall–Kier alpha value is -0.480. The lowest BCUT2D eigenvalue weighted by atomic mass is 9.91. The molecule has 1 N–H and O–H groups in total. The van der Waals surface area contributed by atoms with E-state index < -0.39 is 5.67 Å². The predicted molar refractivity (Wildman–Crippen MR) is 83.9 cm³/mol. The number of alkyl halides is 1. The van der Waals surface area contributed by atoms with Crippen molar-refractivity contribution in [2.75, 3.05) is 32.7 Å². The van der Waals surface area contributed by atoms with E-state index in [2.05, 4.69) is 24.1 Å². The molecular weight excluding hydrogens is 255 g/mol. The van der Waals surface area contributed by atoms with Crippen LogP contribution in [0.15, 0.2) is 0 Å². The highest BCUT2D eigenvalue weighted by Gasteiger charge is 2.22. The first kappa shape index (κ1) is 19.5. The molecule has 120 valence electrons. The molecule has 0 aromatic heterocycles. The van der Waals surface area contributed by atoms with Crippen LogP contribution in [0, 0.1) is 5.92 Å². The van der Waals surface area contributed by atoms with Gasteiger partial charge in [0.2, 0.25) is 0 Å². The lowest BCUT2D eigenvalue weighted by Gasteiger charge is -2.25. The Labute approximate surface area is 124 Å². The number of rotatable bonds is 6. The molecule has 1 aliphatic heterocycles. The summed E-state index contributed by atoms with van der Waals surface area (Å²) in [6.45, 7) is 14.1. The summed E-state index contributed by atoms with van der Waals surface area (Å²) in [5, 5.41) is 3.23. The number of nitrogens with one attached hydrogen (secondary N) is 1. The van der Waals surface area contributed by atoms with Crippen molar-refractivity contribution >= 4 is 5.78 Å². The Morgan fingerprint density at radius 1 is 1.35 bits per heavy atom. The van der Waals surface area contributed by atoms with Gasteiger partial charge in [0.05, 0.1) is 6.54 Å². The number of nitrogens with zero attached hydrogens (tertiary/aromatic N) is 1. The minimum atomic E-state index is -0.935. The molecule has 1 saturated heterocycles. The first-order valence-electron chi connectivity index (χ1n) is 7.92. The van der Waals surface area contributed by atoms with Crippen LogP contribution in [0.25, 0.3) is 0 Å². The quantitative estimate of drug-likeness (QED) is 0.815. The zero-order valence-electron chi connectivity index (χ0n) is 14.0. The summed E-state index contributed by atoms with van der Waals surface area (Å²) in [6, 6.07) is 0. The molecule has 1 rings (SSSR count). The number of ketones is 1. The van der Waals surface area contributed by atoms with Gasteiger partial charge in [-0.25, -0.2) is 4.39 Å². The number of carbonyl (C=O) groups excluding carboxylic acids is 1. The molecule has 0 spiro atoms. The van der Waals surface area contributed by atoms with Gasteiger partial charge in [0.1, 0.15) is 11.5 Å². The normalized spacial score (nSPS) is 20.5. The third-order valence-corrected chi connectivity index (χ3v) is 3.86. The number of hydrogen-bond donors (Lipinski definition) is 1. The zero-order chi connectivity index (χ0) is 15.6. The third kappa shape index (κ3) is 10.3. The summed E-state index contributed by atoms with van der Waals surface area (Å²) < 4.78 is 13.3. The van der Waals surface area contributed by atoms with E-state index >= 15 is 0 Å². The second kappa shape index (κ2) is 10.3. The van der Waals surface area contributed by atoms with Crippen molar-refractivity contribution in [1.29, 1.82) is 0 Å². The molecule has 1 aliphatic rings. The van der Waals surface area contributed by atoms with Crippen LogP contribution in [0.3, 0.4) is 0 Å². The minimum absolute atomic E-state index is 0.266. The van der Waals surface area contributed by atoms with Gasteiger partial charge < -0.3 is 5.32 Å². The topological polar surface area (TPSA) is 32.3 Å². The maximum atomic E-state index is 13.3. The summed E-state index contributed by atoms with van der Waals surface area (Å²) in [5.74, 6) is 0.789. The summed E-state index contributed by atoms with van der Waals surface area (Å²) in [7, 11) is 0. The van der Waals surface area contributed by atoms with Crippen LogP contribution in [-0.4, -0.2) is 49.1 Å². The van der Waals surface area contributed by atoms with Crippen molar-refractivity contribution in [3.8, 4) is 0 Å². The number of Topliss-reactive ketones (excluding diaryl/α,β-unsaturated/α-hetero) is 1. The Balaban J connectivity index is 0.000000361. The Kier molecular flexibility index (Phi) is 10.0. The maximum absolute atomic E-state index is 13.3. The van der Waals surface area contributed by atoms with Gasteiger partial charge in [0, 0.05) is 26.2 Å². The van der Waals surface area contributed by atoms with Crippen molar-refractivity contribution in [1.82, 2.24) is 10.2 Å². The van der Waals surface area contributed by atoms with Crippen LogP contribution in [-0.2, 0) is 4.79 Å². The molecule has 0 amide bonds. The number of piperazine rings is 1. The van der Waals surface area contributed by atoms with E-state index in [-0.39, 0.29) is 5.78 Å². The van der Waals surface area contributed by atoms with Gasteiger partial charge in [-0.15, -0.1) is 0 Å². The second-order valence-corrected chi connectivity index (χ2v) is 6.21.